The molecule has 0 bridgehead atoms. The number of nitrogens with zero attached hydrogens (tertiary/aromatic N) is 1. The predicted octanol–water partition coefficient (Wildman–Crippen LogP) is 3.42. The van der Waals surface area contributed by atoms with Gasteiger partial charge in [0.05, 0.1) is 7.11 Å². The molecule has 1 N–H and O–H groups in total. The minimum atomic E-state index is -0.538. The Kier molecular flexibility index (Phi) is 5.87. The maximum Gasteiger partial charge on any atom is 0.410 e. The molecule has 1 aromatic carbocycles. The lowest BCUT2D eigenvalue weighted by atomic mass is 9.96. The number of ether oxygens (including phenoxy) is 2. The first kappa shape index (κ1) is 19.0. The van der Waals surface area contributed by atoms with Gasteiger partial charge < -0.3 is 19.7 Å². The van der Waals surface area contributed by atoms with Crippen molar-refractivity contribution in [2.75, 3.05) is 25.5 Å². The Balaban J connectivity index is 1.87. The topological polar surface area (TPSA) is 67.9 Å². The highest BCUT2D eigenvalue weighted by Gasteiger charge is 2.30. The van der Waals surface area contributed by atoms with Crippen molar-refractivity contribution >= 4 is 17.7 Å². The summed E-state index contributed by atoms with van der Waals surface area (Å²) in [7, 11) is 1.38. The molecule has 1 heterocycles. The van der Waals surface area contributed by atoms with Crippen molar-refractivity contribution in [2.24, 2.45) is 5.92 Å². The molecule has 1 aliphatic heterocycles. The van der Waals surface area contributed by atoms with Gasteiger partial charge in [0, 0.05) is 30.8 Å². The minimum absolute atomic E-state index is 0.128. The van der Waals surface area contributed by atoms with Crippen molar-refractivity contribution in [3.63, 3.8) is 0 Å². The number of carbonyl (C=O) groups is 2. The lowest BCUT2D eigenvalue weighted by Gasteiger charge is -2.32. The largest absolute Gasteiger partial charge is 0.494 e. The summed E-state index contributed by atoms with van der Waals surface area (Å²) < 4.78 is 23.9. The number of hydrogen-bond acceptors (Lipinski definition) is 4. The number of carbonyl (C=O) groups excluding carboxylic acids is 2. The first-order valence-corrected chi connectivity index (χ1v) is 8.32. The molecule has 1 aliphatic rings. The molecule has 0 aliphatic carbocycles. The SMILES string of the molecule is COc1ccc(NC(=O)C2CCN(C(=O)OC(C)(C)C)CC2)cc1F. The molecule has 0 aromatic heterocycles. The maximum absolute atomic E-state index is 13.7. The second kappa shape index (κ2) is 7.72. The molecule has 25 heavy (non-hydrogen) atoms. The van der Waals surface area contributed by atoms with Gasteiger partial charge in [-0.1, -0.05) is 0 Å². The van der Waals surface area contributed by atoms with Gasteiger partial charge >= 0.3 is 6.09 Å². The molecule has 7 heteroatoms. The lowest BCUT2D eigenvalue weighted by Crippen LogP contribution is -2.43. The highest BCUT2D eigenvalue weighted by atomic mass is 19.1. The smallest absolute Gasteiger partial charge is 0.410 e. The van der Waals surface area contributed by atoms with Crippen molar-refractivity contribution < 1.29 is 23.5 Å². The summed E-state index contributed by atoms with van der Waals surface area (Å²) in [5.74, 6) is -0.791. The molecule has 0 unspecified atom stereocenters. The second-order valence-electron chi connectivity index (χ2n) is 7.08. The van der Waals surface area contributed by atoms with Crippen molar-refractivity contribution in [1.29, 1.82) is 0 Å². The minimum Gasteiger partial charge on any atom is -0.494 e. The van der Waals surface area contributed by atoms with Gasteiger partial charge in [-0.2, -0.15) is 0 Å². The Bertz CT molecular complexity index is 634. The van der Waals surface area contributed by atoms with E-state index in [4.69, 9.17) is 9.47 Å². The van der Waals surface area contributed by atoms with E-state index >= 15 is 0 Å². The Morgan fingerprint density at radius 2 is 1.88 bits per heavy atom. The van der Waals surface area contributed by atoms with Gasteiger partial charge in [-0.25, -0.2) is 9.18 Å². The highest BCUT2D eigenvalue weighted by Crippen LogP contribution is 2.24. The van der Waals surface area contributed by atoms with Crippen LogP contribution < -0.4 is 10.1 Å². The van der Waals surface area contributed by atoms with Crippen molar-refractivity contribution in [2.45, 2.75) is 39.2 Å². The fourth-order valence-electron chi connectivity index (χ4n) is 2.64. The average Bonchev–Trinajstić information content (AvgIpc) is 2.53. The van der Waals surface area contributed by atoms with E-state index in [2.05, 4.69) is 5.32 Å². The molecule has 2 rings (SSSR count). The van der Waals surface area contributed by atoms with Crippen LogP contribution in [-0.2, 0) is 9.53 Å². The zero-order valence-corrected chi connectivity index (χ0v) is 15.1. The third-order valence-electron chi connectivity index (χ3n) is 3.94. The molecule has 0 spiro atoms. The van der Waals surface area contributed by atoms with E-state index in [0.29, 0.717) is 31.6 Å². The van der Waals surface area contributed by atoms with Crippen molar-refractivity contribution in [3.05, 3.63) is 24.0 Å². The highest BCUT2D eigenvalue weighted by molar-refractivity contribution is 5.92. The van der Waals surface area contributed by atoms with E-state index in [1.54, 1.807) is 11.0 Å². The average molecular weight is 352 g/mol. The lowest BCUT2D eigenvalue weighted by molar-refractivity contribution is -0.121. The quantitative estimate of drug-likeness (QED) is 0.905. The molecular weight excluding hydrogens is 327 g/mol. The summed E-state index contributed by atoms with van der Waals surface area (Å²) in [6, 6.07) is 4.29. The molecule has 1 saturated heterocycles. The van der Waals surface area contributed by atoms with Gasteiger partial charge in [-0.3, -0.25) is 4.79 Å². The normalized spacial score (nSPS) is 15.6. The molecule has 0 radical (unpaired) electrons. The van der Waals surface area contributed by atoms with E-state index in [1.807, 2.05) is 20.8 Å². The second-order valence-corrected chi connectivity index (χ2v) is 7.08. The van der Waals surface area contributed by atoms with Gasteiger partial charge in [-0.05, 0) is 45.7 Å². The zero-order valence-electron chi connectivity index (χ0n) is 15.1. The van der Waals surface area contributed by atoms with E-state index in [0.717, 1.165) is 0 Å². The third kappa shape index (κ3) is 5.34. The molecule has 0 atom stereocenters. The summed E-state index contributed by atoms with van der Waals surface area (Å²) in [6.45, 7) is 6.38. The number of likely N-dealkylation sites (tertiary alicyclic amines) is 1. The molecule has 1 fully saturated rings. The summed E-state index contributed by atoms with van der Waals surface area (Å²) in [5, 5.41) is 2.72. The van der Waals surface area contributed by atoms with Crippen LogP contribution in [0.3, 0.4) is 0 Å². The first-order valence-electron chi connectivity index (χ1n) is 8.32. The number of methoxy groups -OCH3 is 1. The van der Waals surface area contributed by atoms with E-state index in [9.17, 15) is 14.0 Å². The summed E-state index contributed by atoms with van der Waals surface area (Å²) in [4.78, 5) is 26.0. The number of anilines is 1. The number of benzene rings is 1. The van der Waals surface area contributed by atoms with Crippen LogP contribution >= 0.6 is 0 Å². The van der Waals surface area contributed by atoms with Crippen LogP contribution in [0.4, 0.5) is 14.9 Å². The first-order chi connectivity index (χ1) is 11.7. The monoisotopic (exact) mass is 352 g/mol. The summed E-state index contributed by atoms with van der Waals surface area (Å²) >= 11 is 0. The number of amides is 2. The molecule has 138 valence electrons. The van der Waals surface area contributed by atoms with Crippen molar-refractivity contribution in [1.82, 2.24) is 4.90 Å². The molecule has 2 amide bonds. The van der Waals surface area contributed by atoms with Crippen LogP contribution in [0, 0.1) is 11.7 Å². The van der Waals surface area contributed by atoms with Gasteiger partial charge in [0.2, 0.25) is 5.91 Å². The molecular formula is C18H25FN2O4. The van der Waals surface area contributed by atoms with Crippen LogP contribution in [-0.4, -0.2) is 42.7 Å². The number of nitrogens with one attached hydrogen (secondary N) is 1. The Morgan fingerprint density at radius 3 is 2.40 bits per heavy atom. The summed E-state index contributed by atoms with van der Waals surface area (Å²) in [6.07, 6.45) is 0.733. The number of rotatable bonds is 3. The van der Waals surface area contributed by atoms with Crippen LogP contribution in [0.5, 0.6) is 5.75 Å². The maximum atomic E-state index is 13.7. The van der Waals surface area contributed by atoms with Crippen LogP contribution in [0.25, 0.3) is 0 Å². The fourth-order valence-corrected chi connectivity index (χ4v) is 2.64. The zero-order chi connectivity index (χ0) is 18.6. The standard InChI is InChI=1S/C18H25FN2O4/c1-18(2,3)25-17(23)21-9-7-12(8-10-21)16(22)20-13-5-6-15(24-4)14(19)11-13/h5-6,11-12H,7-10H2,1-4H3,(H,20,22). The van der Waals surface area contributed by atoms with Crippen LogP contribution in [0.2, 0.25) is 0 Å². The molecule has 6 nitrogen and oxygen atoms in total. The van der Waals surface area contributed by atoms with E-state index in [1.165, 1.54) is 19.2 Å². The number of piperidine rings is 1. The van der Waals surface area contributed by atoms with Crippen molar-refractivity contribution in [3.8, 4) is 5.75 Å². The third-order valence-corrected chi connectivity index (χ3v) is 3.94. The van der Waals surface area contributed by atoms with Gasteiger partial charge in [0.15, 0.2) is 11.6 Å². The van der Waals surface area contributed by atoms with Gasteiger partial charge in [0.25, 0.3) is 0 Å². The van der Waals surface area contributed by atoms with Gasteiger partial charge in [-0.15, -0.1) is 0 Å². The Morgan fingerprint density at radius 1 is 1.24 bits per heavy atom. The van der Waals surface area contributed by atoms with E-state index < -0.39 is 11.4 Å². The summed E-state index contributed by atoms with van der Waals surface area (Å²) in [5.41, 5.74) is -0.151. The number of hydrogen-bond donors (Lipinski definition) is 1. The fraction of sp³-hybridized carbons (Fsp3) is 0.556. The van der Waals surface area contributed by atoms with Crippen LogP contribution in [0.15, 0.2) is 18.2 Å². The van der Waals surface area contributed by atoms with E-state index in [-0.39, 0.29) is 23.7 Å². The molecule has 0 saturated carbocycles. The Labute approximate surface area is 147 Å². The van der Waals surface area contributed by atoms with Gasteiger partial charge in [0.1, 0.15) is 5.60 Å². The molecule has 1 aromatic rings. The predicted molar refractivity (Wildman–Crippen MR) is 92.1 cm³/mol. The number of halogens is 1. The van der Waals surface area contributed by atoms with Crippen LogP contribution in [0.1, 0.15) is 33.6 Å². The Hall–Kier alpha value is -2.31.